The fourth-order valence-corrected chi connectivity index (χ4v) is 3.90. The highest BCUT2D eigenvalue weighted by atomic mass is 32.1. The molecule has 3 heterocycles. The molecular weight excluding hydrogens is 320 g/mol. The number of anilines is 1. The van der Waals surface area contributed by atoms with E-state index >= 15 is 0 Å². The van der Waals surface area contributed by atoms with Gasteiger partial charge in [-0.2, -0.15) is 0 Å². The number of rotatable bonds is 4. The molecule has 0 saturated carbocycles. The molecule has 0 bridgehead atoms. The standard InChI is InChI=1S/C17H20N6S/c1-14-11-21(8-9-22(14)17-18-7-10-24-17)12-15-13-23(20-19-15)16-5-3-2-4-6-16/h2-7,10,13-14H,8-9,11-12H2,1H3/t14-/m0/s1. The van der Waals surface area contributed by atoms with Crippen molar-refractivity contribution in [3.8, 4) is 5.69 Å². The van der Waals surface area contributed by atoms with Crippen molar-refractivity contribution in [1.29, 1.82) is 0 Å². The molecule has 1 aliphatic rings. The molecule has 0 N–H and O–H groups in total. The van der Waals surface area contributed by atoms with Crippen LogP contribution in [0.15, 0.2) is 48.1 Å². The van der Waals surface area contributed by atoms with E-state index in [9.17, 15) is 0 Å². The third-order valence-electron chi connectivity index (χ3n) is 4.32. The molecule has 0 unspecified atom stereocenters. The summed E-state index contributed by atoms with van der Waals surface area (Å²) in [5, 5.41) is 11.7. The molecular formula is C17H20N6S. The second kappa shape index (κ2) is 6.70. The summed E-state index contributed by atoms with van der Waals surface area (Å²) >= 11 is 1.71. The van der Waals surface area contributed by atoms with E-state index in [-0.39, 0.29) is 0 Å². The number of hydrogen-bond acceptors (Lipinski definition) is 6. The largest absolute Gasteiger partial charge is 0.343 e. The SMILES string of the molecule is C[C@H]1CN(Cc2cn(-c3ccccc3)nn2)CCN1c1nccs1. The van der Waals surface area contributed by atoms with E-state index in [2.05, 4.69) is 32.0 Å². The average Bonchev–Trinajstić information content (AvgIpc) is 3.28. The van der Waals surface area contributed by atoms with Gasteiger partial charge in [-0.3, -0.25) is 4.90 Å². The molecule has 1 aliphatic heterocycles. The Labute approximate surface area is 145 Å². The lowest BCUT2D eigenvalue weighted by molar-refractivity contribution is 0.218. The minimum atomic E-state index is 0.453. The molecule has 0 amide bonds. The lowest BCUT2D eigenvalue weighted by Crippen LogP contribution is -2.51. The highest BCUT2D eigenvalue weighted by Gasteiger charge is 2.25. The van der Waals surface area contributed by atoms with Gasteiger partial charge >= 0.3 is 0 Å². The van der Waals surface area contributed by atoms with Gasteiger partial charge in [-0.1, -0.05) is 23.4 Å². The first-order valence-corrected chi connectivity index (χ1v) is 9.03. The quantitative estimate of drug-likeness (QED) is 0.730. The molecule has 1 atom stereocenters. The third-order valence-corrected chi connectivity index (χ3v) is 5.13. The number of para-hydroxylation sites is 1. The monoisotopic (exact) mass is 340 g/mol. The minimum absolute atomic E-state index is 0.453. The molecule has 24 heavy (non-hydrogen) atoms. The summed E-state index contributed by atoms with van der Waals surface area (Å²) < 4.78 is 1.84. The maximum absolute atomic E-state index is 4.44. The molecule has 3 aromatic rings. The van der Waals surface area contributed by atoms with Crippen LogP contribution in [0.2, 0.25) is 0 Å². The third kappa shape index (κ3) is 3.18. The van der Waals surface area contributed by atoms with Gasteiger partial charge in [0.1, 0.15) is 0 Å². The van der Waals surface area contributed by atoms with Crippen molar-refractivity contribution in [1.82, 2.24) is 24.9 Å². The molecule has 6 nitrogen and oxygen atoms in total. The van der Waals surface area contributed by atoms with Crippen molar-refractivity contribution in [2.75, 3.05) is 24.5 Å². The first kappa shape index (κ1) is 15.3. The van der Waals surface area contributed by atoms with E-state index in [0.717, 1.165) is 42.7 Å². The van der Waals surface area contributed by atoms with E-state index in [1.807, 2.05) is 52.8 Å². The number of benzene rings is 1. The van der Waals surface area contributed by atoms with Crippen LogP contribution in [0.3, 0.4) is 0 Å². The van der Waals surface area contributed by atoms with E-state index in [0.29, 0.717) is 6.04 Å². The van der Waals surface area contributed by atoms with Crippen LogP contribution in [0.4, 0.5) is 5.13 Å². The molecule has 0 aliphatic carbocycles. The average molecular weight is 340 g/mol. The zero-order valence-electron chi connectivity index (χ0n) is 13.6. The van der Waals surface area contributed by atoms with Crippen LogP contribution in [0, 0.1) is 0 Å². The summed E-state index contributed by atoms with van der Waals surface area (Å²) in [6.07, 6.45) is 3.90. The van der Waals surface area contributed by atoms with E-state index < -0.39 is 0 Å². The first-order valence-electron chi connectivity index (χ1n) is 8.15. The van der Waals surface area contributed by atoms with Crippen LogP contribution >= 0.6 is 11.3 Å². The van der Waals surface area contributed by atoms with Crippen LogP contribution in [-0.4, -0.2) is 50.6 Å². The predicted octanol–water partition coefficient (Wildman–Crippen LogP) is 2.43. The molecule has 1 aromatic carbocycles. The Balaban J connectivity index is 1.39. The number of thiazole rings is 1. The van der Waals surface area contributed by atoms with Gasteiger partial charge in [0.25, 0.3) is 0 Å². The lowest BCUT2D eigenvalue weighted by atomic mass is 10.2. The van der Waals surface area contributed by atoms with E-state index in [1.165, 1.54) is 0 Å². The van der Waals surface area contributed by atoms with Gasteiger partial charge in [0.15, 0.2) is 5.13 Å². The van der Waals surface area contributed by atoms with Crippen LogP contribution < -0.4 is 4.90 Å². The number of nitrogens with zero attached hydrogens (tertiary/aromatic N) is 6. The Bertz CT molecular complexity index is 770. The van der Waals surface area contributed by atoms with Crippen molar-refractivity contribution in [2.45, 2.75) is 19.5 Å². The number of hydrogen-bond donors (Lipinski definition) is 0. The summed E-state index contributed by atoms with van der Waals surface area (Å²) in [5.74, 6) is 0. The summed E-state index contributed by atoms with van der Waals surface area (Å²) in [7, 11) is 0. The molecule has 7 heteroatoms. The number of piperazine rings is 1. The Morgan fingerprint density at radius 2 is 2.08 bits per heavy atom. The summed E-state index contributed by atoms with van der Waals surface area (Å²) in [6.45, 7) is 6.12. The maximum atomic E-state index is 4.44. The zero-order valence-corrected chi connectivity index (χ0v) is 14.4. The minimum Gasteiger partial charge on any atom is -0.343 e. The normalized spacial score (nSPS) is 18.9. The van der Waals surface area contributed by atoms with Gasteiger partial charge in [-0.05, 0) is 19.1 Å². The summed E-state index contributed by atoms with van der Waals surface area (Å²) in [5.41, 5.74) is 2.05. The van der Waals surface area contributed by atoms with Gasteiger partial charge in [0.2, 0.25) is 0 Å². The lowest BCUT2D eigenvalue weighted by Gasteiger charge is -2.39. The fraction of sp³-hybridized carbons (Fsp3) is 0.353. The van der Waals surface area contributed by atoms with Crippen LogP contribution in [-0.2, 0) is 6.54 Å². The fourth-order valence-electron chi connectivity index (χ4n) is 3.13. The van der Waals surface area contributed by atoms with Gasteiger partial charge in [0.05, 0.1) is 17.6 Å². The van der Waals surface area contributed by atoms with E-state index in [1.54, 1.807) is 11.3 Å². The molecule has 2 aromatic heterocycles. The summed E-state index contributed by atoms with van der Waals surface area (Å²) in [4.78, 5) is 9.27. The van der Waals surface area contributed by atoms with Gasteiger partial charge in [-0.15, -0.1) is 16.4 Å². The highest BCUT2D eigenvalue weighted by Crippen LogP contribution is 2.23. The van der Waals surface area contributed by atoms with Gasteiger partial charge in [-0.25, -0.2) is 9.67 Å². The molecule has 0 radical (unpaired) electrons. The maximum Gasteiger partial charge on any atom is 0.185 e. The second-order valence-electron chi connectivity index (χ2n) is 6.08. The Hall–Kier alpha value is -2.25. The highest BCUT2D eigenvalue weighted by molar-refractivity contribution is 7.13. The van der Waals surface area contributed by atoms with Crippen LogP contribution in [0.1, 0.15) is 12.6 Å². The molecule has 0 spiro atoms. The van der Waals surface area contributed by atoms with Crippen molar-refractivity contribution < 1.29 is 0 Å². The Morgan fingerprint density at radius 3 is 2.83 bits per heavy atom. The van der Waals surface area contributed by atoms with Gasteiger partial charge in [0, 0.05) is 43.8 Å². The summed E-state index contributed by atoms with van der Waals surface area (Å²) in [6, 6.07) is 10.5. The first-order chi connectivity index (χ1) is 11.8. The van der Waals surface area contributed by atoms with Crippen LogP contribution in [0.25, 0.3) is 5.69 Å². The van der Waals surface area contributed by atoms with Gasteiger partial charge < -0.3 is 4.90 Å². The second-order valence-corrected chi connectivity index (χ2v) is 6.96. The Kier molecular flexibility index (Phi) is 4.27. The van der Waals surface area contributed by atoms with E-state index in [4.69, 9.17) is 0 Å². The topological polar surface area (TPSA) is 50.1 Å². The van der Waals surface area contributed by atoms with Crippen molar-refractivity contribution in [3.63, 3.8) is 0 Å². The van der Waals surface area contributed by atoms with Crippen molar-refractivity contribution in [2.24, 2.45) is 0 Å². The molecule has 124 valence electrons. The van der Waals surface area contributed by atoms with Crippen LogP contribution in [0.5, 0.6) is 0 Å². The Morgan fingerprint density at radius 1 is 1.21 bits per heavy atom. The molecule has 1 fully saturated rings. The predicted molar refractivity (Wildman–Crippen MR) is 95.6 cm³/mol. The smallest absolute Gasteiger partial charge is 0.185 e. The molecule has 1 saturated heterocycles. The van der Waals surface area contributed by atoms with Crippen molar-refractivity contribution in [3.05, 3.63) is 53.8 Å². The number of aromatic nitrogens is 4. The molecule has 4 rings (SSSR count). The van der Waals surface area contributed by atoms with Crippen molar-refractivity contribution >= 4 is 16.5 Å². The zero-order chi connectivity index (χ0) is 16.4.